The highest BCUT2D eigenvalue weighted by Crippen LogP contribution is 2.17. The molecule has 0 aromatic heterocycles. The second-order valence-corrected chi connectivity index (χ2v) is 4.52. The van der Waals surface area contributed by atoms with Crippen molar-refractivity contribution in [2.24, 2.45) is 0 Å². The third kappa shape index (κ3) is 3.36. The zero-order valence-electron chi connectivity index (χ0n) is 10.7. The summed E-state index contributed by atoms with van der Waals surface area (Å²) < 4.78 is 5.11. The first kappa shape index (κ1) is 12.7. The van der Waals surface area contributed by atoms with Gasteiger partial charge in [0.05, 0.1) is 7.11 Å². The molecule has 1 aromatic carbocycles. The Morgan fingerprint density at radius 2 is 2.28 bits per heavy atom. The van der Waals surface area contributed by atoms with E-state index in [9.17, 15) is 4.79 Å². The summed E-state index contributed by atoms with van der Waals surface area (Å²) in [6, 6.07) is 7.21. The van der Waals surface area contributed by atoms with Gasteiger partial charge in [-0.15, -0.1) is 0 Å². The van der Waals surface area contributed by atoms with Gasteiger partial charge < -0.3 is 10.1 Å². The molecule has 96 valence electrons. The first-order chi connectivity index (χ1) is 8.79. The van der Waals surface area contributed by atoms with Gasteiger partial charge in [-0.2, -0.15) is 0 Å². The van der Waals surface area contributed by atoms with Crippen molar-refractivity contribution in [3.05, 3.63) is 41.5 Å². The van der Waals surface area contributed by atoms with Gasteiger partial charge in [-0.1, -0.05) is 17.7 Å². The van der Waals surface area contributed by atoms with Gasteiger partial charge in [-0.25, -0.2) is 0 Å². The molecular weight excluding hydrogens is 226 g/mol. The van der Waals surface area contributed by atoms with E-state index in [1.54, 1.807) is 19.2 Å². The van der Waals surface area contributed by atoms with Gasteiger partial charge in [-0.05, 0) is 43.9 Å². The van der Waals surface area contributed by atoms with E-state index in [1.807, 2.05) is 12.1 Å². The van der Waals surface area contributed by atoms with Gasteiger partial charge in [0, 0.05) is 12.1 Å². The van der Waals surface area contributed by atoms with Gasteiger partial charge in [-0.3, -0.25) is 4.79 Å². The lowest BCUT2D eigenvalue weighted by molar-refractivity contribution is 0.0956. The molecule has 1 N–H and O–H groups in total. The molecule has 1 aliphatic rings. The molecule has 0 atom stereocenters. The van der Waals surface area contributed by atoms with Crippen LogP contribution in [0.5, 0.6) is 5.75 Å². The smallest absolute Gasteiger partial charge is 0.251 e. The Balaban J connectivity index is 1.92. The van der Waals surface area contributed by atoms with Crippen LogP contribution in [0.1, 0.15) is 36.0 Å². The molecule has 1 amide bonds. The minimum absolute atomic E-state index is 0.0413. The average molecular weight is 245 g/mol. The maximum atomic E-state index is 12.0. The molecule has 0 saturated carbocycles. The highest BCUT2D eigenvalue weighted by atomic mass is 16.5. The molecule has 3 heteroatoms. The Morgan fingerprint density at radius 1 is 1.39 bits per heavy atom. The number of carbonyl (C=O) groups is 1. The molecule has 0 unspecified atom stereocenters. The van der Waals surface area contributed by atoms with E-state index in [-0.39, 0.29) is 5.91 Å². The summed E-state index contributed by atoms with van der Waals surface area (Å²) in [5, 5.41) is 2.96. The Kier molecular flexibility index (Phi) is 4.40. The summed E-state index contributed by atoms with van der Waals surface area (Å²) in [6.45, 7) is 0.663. The Labute approximate surface area is 108 Å². The molecule has 0 saturated heterocycles. The van der Waals surface area contributed by atoms with Crippen LogP contribution in [0.4, 0.5) is 0 Å². The average Bonchev–Trinajstić information content (AvgIpc) is 2.46. The summed E-state index contributed by atoms with van der Waals surface area (Å²) in [7, 11) is 1.60. The van der Waals surface area contributed by atoms with Crippen LogP contribution < -0.4 is 10.1 Å². The van der Waals surface area contributed by atoms with Crippen LogP contribution in [-0.2, 0) is 0 Å². The maximum Gasteiger partial charge on any atom is 0.251 e. The molecule has 0 aliphatic heterocycles. The number of nitrogens with one attached hydrogen (secondary N) is 1. The molecule has 0 heterocycles. The van der Waals surface area contributed by atoms with E-state index in [1.165, 1.54) is 18.4 Å². The molecule has 0 fully saturated rings. The van der Waals surface area contributed by atoms with E-state index < -0.39 is 0 Å². The number of amides is 1. The third-order valence-corrected chi connectivity index (χ3v) is 3.19. The lowest BCUT2D eigenvalue weighted by atomic mass is 9.99. The van der Waals surface area contributed by atoms with Crippen molar-refractivity contribution in [1.82, 2.24) is 5.32 Å². The van der Waals surface area contributed by atoms with Crippen molar-refractivity contribution in [2.45, 2.75) is 25.7 Å². The Hall–Kier alpha value is -1.77. The van der Waals surface area contributed by atoms with E-state index in [4.69, 9.17) is 4.74 Å². The first-order valence-corrected chi connectivity index (χ1v) is 6.40. The van der Waals surface area contributed by atoms with Crippen LogP contribution in [-0.4, -0.2) is 19.6 Å². The Bertz CT molecular complexity index is 452. The van der Waals surface area contributed by atoms with Gasteiger partial charge in [0.25, 0.3) is 5.91 Å². The minimum Gasteiger partial charge on any atom is -0.497 e. The van der Waals surface area contributed by atoms with Crippen molar-refractivity contribution in [3.8, 4) is 5.75 Å². The third-order valence-electron chi connectivity index (χ3n) is 3.19. The van der Waals surface area contributed by atoms with Crippen LogP contribution >= 0.6 is 0 Å². The fourth-order valence-corrected chi connectivity index (χ4v) is 2.13. The first-order valence-electron chi connectivity index (χ1n) is 6.40. The van der Waals surface area contributed by atoms with Crippen LogP contribution in [0.15, 0.2) is 35.9 Å². The largest absolute Gasteiger partial charge is 0.497 e. The van der Waals surface area contributed by atoms with Crippen LogP contribution in [0.25, 0.3) is 0 Å². The van der Waals surface area contributed by atoms with E-state index >= 15 is 0 Å². The maximum absolute atomic E-state index is 12.0. The molecule has 1 aliphatic carbocycles. The molecule has 2 rings (SSSR count). The van der Waals surface area contributed by atoms with Crippen molar-refractivity contribution >= 4 is 5.91 Å². The summed E-state index contributed by atoms with van der Waals surface area (Å²) in [5.74, 6) is 0.667. The fourth-order valence-electron chi connectivity index (χ4n) is 2.13. The monoisotopic (exact) mass is 245 g/mol. The molecule has 0 spiro atoms. The molecule has 0 radical (unpaired) electrons. The number of carbonyl (C=O) groups excluding carboxylic acids is 1. The summed E-state index contributed by atoms with van der Waals surface area (Å²) in [5.41, 5.74) is 1.99. The normalized spacial score (nSPS) is 14.8. The standard InChI is InChI=1S/C15H19NO2/c1-18-14-9-5-8-13(10-14)15(17)16-11-12-6-3-2-4-7-12/h5-6,8-10H,2-4,7,11H2,1H3,(H,16,17). The van der Waals surface area contributed by atoms with Crippen LogP contribution in [0.3, 0.4) is 0 Å². The fraction of sp³-hybridized carbons (Fsp3) is 0.400. The lowest BCUT2D eigenvalue weighted by Gasteiger charge is -2.13. The quantitative estimate of drug-likeness (QED) is 0.828. The number of hydrogen-bond donors (Lipinski definition) is 1. The number of rotatable bonds is 4. The van der Waals surface area contributed by atoms with Crippen molar-refractivity contribution in [3.63, 3.8) is 0 Å². The zero-order valence-corrected chi connectivity index (χ0v) is 10.7. The highest BCUT2D eigenvalue weighted by molar-refractivity contribution is 5.94. The van der Waals surface area contributed by atoms with Crippen molar-refractivity contribution in [1.29, 1.82) is 0 Å². The summed E-state index contributed by atoms with van der Waals surface area (Å²) >= 11 is 0. The predicted molar refractivity (Wildman–Crippen MR) is 71.9 cm³/mol. The second-order valence-electron chi connectivity index (χ2n) is 4.52. The predicted octanol–water partition coefficient (Wildman–Crippen LogP) is 2.93. The lowest BCUT2D eigenvalue weighted by Crippen LogP contribution is -2.26. The number of allylic oxidation sites excluding steroid dienone is 1. The minimum atomic E-state index is -0.0413. The molecule has 3 nitrogen and oxygen atoms in total. The topological polar surface area (TPSA) is 38.3 Å². The highest BCUT2D eigenvalue weighted by Gasteiger charge is 2.08. The van der Waals surface area contributed by atoms with Crippen LogP contribution in [0.2, 0.25) is 0 Å². The van der Waals surface area contributed by atoms with Gasteiger partial charge >= 0.3 is 0 Å². The summed E-state index contributed by atoms with van der Waals surface area (Å²) in [4.78, 5) is 12.0. The number of benzene rings is 1. The number of methoxy groups -OCH3 is 1. The van der Waals surface area contributed by atoms with Gasteiger partial charge in [0.15, 0.2) is 0 Å². The van der Waals surface area contributed by atoms with E-state index in [0.717, 1.165) is 12.8 Å². The number of hydrogen-bond acceptors (Lipinski definition) is 2. The zero-order chi connectivity index (χ0) is 12.8. The van der Waals surface area contributed by atoms with Gasteiger partial charge in [0.2, 0.25) is 0 Å². The summed E-state index contributed by atoms with van der Waals surface area (Å²) in [6.07, 6.45) is 7.01. The SMILES string of the molecule is COc1cccc(C(=O)NCC2=CCCCC2)c1. The second kappa shape index (κ2) is 6.24. The molecule has 0 bridgehead atoms. The van der Waals surface area contributed by atoms with E-state index in [0.29, 0.717) is 17.9 Å². The molecule has 18 heavy (non-hydrogen) atoms. The van der Waals surface area contributed by atoms with Crippen molar-refractivity contribution < 1.29 is 9.53 Å². The Morgan fingerprint density at radius 3 is 3.00 bits per heavy atom. The van der Waals surface area contributed by atoms with Gasteiger partial charge in [0.1, 0.15) is 5.75 Å². The number of ether oxygens (including phenoxy) is 1. The van der Waals surface area contributed by atoms with E-state index in [2.05, 4.69) is 11.4 Å². The molecular formula is C15H19NO2. The molecule has 1 aromatic rings. The van der Waals surface area contributed by atoms with Crippen LogP contribution in [0, 0.1) is 0 Å². The van der Waals surface area contributed by atoms with Crippen molar-refractivity contribution in [2.75, 3.05) is 13.7 Å².